The molecule has 0 saturated heterocycles. The highest BCUT2D eigenvalue weighted by Crippen LogP contribution is 2.33. The second-order valence-electron chi connectivity index (χ2n) is 12.3. The van der Waals surface area contributed by atoms with Gasteiger partial charge in [-0.2, -0.15) is 0 Å². The van der Waals surface area contributed by atoms with Gasteiger partial charge in [0, 0.05) is 34.9 Å². The molecule has 1 amide bonds. The number of carbonyl (C=O) groups excluding carboxylic acids is 1. The van der Waals surface area contributed by atoms with Crippen LogP contribution < -0.4 is 16.4 Å². The molecule has 276 valence electrons. The van der Waals surface area contributed by atoms with E-state index < -0.39 is 27.4 Å². The molecule has 50 heavy (non-hydrogen) atoms. The number of para-hydroxylation sites is 1. The Labute approximate surface area is 304 Å². The van der Waals surface area contributed by atoms with Crippen LogP contribution in [0.2, 0.25) is 0 Å². The molecule has 0 bridgehead atoms. The van der Waals surface area contributed by atoms with E-state index in [1.54, 1.807) is 37.3 Å². The minimum Gasteiger partial charge on any atom is -0.772 e. The standard InChI is InChI=1S/C19H26N2O.C8H18O3S.C6H7N.C6H6O2S/c1-3-14-21-19(22)18(20-2)17(15-10-6-4-7-11-15)16-12-8-5-9-13-16;1-6(2)4-8(12(10)11)7(3)5-9;7-6-4-2-1-3-5-6;7-9(8)6-4-2-1-3-5-6/h4-12,16-18,20H,3,13-14H2,1-2H3,(H,21,22);6-9H,4-5H2,1-3H3,(H,10,11);1-5H,7H2;1-5H,(H,7,8)/p-2/t16?,17?,18-;7-,8?;;/m00../s1. The molecule has 5 unspecified atom stereocenters. The average molecular weight is 726 g/mol. The quantitative estimate of drug-likeness (QED) is 0.121. The third-order valence-corrected chi connectivity index (χ3v) is 9.58. The third kappa shape index (κ3) is 18.0. The zero-order valence-corrected chi connectivity index (χ0v) is 31.5. The summed E-state index contributed by atoms with van der Waals surface area (Å²) < 4.78 is 41.9. The molecule has 0 saturated carbocycles. The Morgan fingerprint density at radius 1 is 0.920 bits per heavy atom. The number of aliphatic hydroxyl groups excluding tert-OH is 1. The first kappa shape index (κ1) is 44.6. The summed E-state index contributed by atoms with van der Waals surface area (Å²) in [5.41, 5.74) is 7.39. The van der Waals surface area contributed by atoms with Crippen LogP contribution in [0.4, 0.5) is 5.69 Å². The predicted octanol–water partition coefficient (Wildman–Crippen LogP) is 6.12. The van der Waals surface area contributed by atoms with E-state index in [9.17, 15) is 22.3 Å². The maximum atomic E-state index is 12.6. The number of hydrogen-bond donors (Lipinski definition) is 4. The molecule has 9 nitrogen and oxygen atoms in total. The highest BCUT2D eigenvalue weighted by Gasteiger charge is 2.33. The first-order valence-corrected chi connectivity index (χ1v) is 19.1. The average Bonchev–Trinajstić information content (AvgIpc) is 3.13. The molecular formula is C39H55N3O6S2-2. The number of benzene rings is 3. The van der Waals surface area contributed by atoms with Gasteiger partial charge < -0.3 is 30.6 Å². The van der Waals surface area contributed by atoms with Gasteiger partial charge in [0.1, 0.15) is 0 Å². The molecule has 1 aliphatic rings. The lowest BCUT2D eigenvalue weighted by Crippen LogP contribution is -2.48. The summed E-state index contributed by atoms with van der Waals surface area (Å²) >= 11 is -4.14. The van der Waals surface area contributed by atoms with Crippen LogP contribution in [0.1, 0.15) is 58.4 Å². The van der Waals surface area contributed by atoms with E-state index in [4.69, 9.17) is 10.8 Å². The van der Waals surface area contributed by atoms with Crippen molar-refractivity contribution in [1.29, 1.82) is 0 Å². The molecule has 3 aromatic carbocycles. The Morgan fingerprint density at radius 2 is 1.48 bits per heavy atom. The molecule has 11 heteroatoms. The Morgan fingerprint density at radius 3 is 1.86 bits per heavy atom. The van der Waals surface area contributed by atoms with Crippen LogP contribution in [-0.2, 0) is 27.0 Å². The van der Waals surface area contributed by atoms with Gasteiger partial charge in [-0.05, 0) is 85.0 Å². The smallest absolute Gasteiger partial charge is 0.237 e. The number of nitrogen functional groups attached to an aromatic ring is 1. The summed E-state index contributed by atoms with van der Waals surface area (Å²) in [4.78, 5) is 12.9. The van der Waals surface area contributed by atoms with Gasteiger partial charge >= 0.3 is 0 Å². The fourth-order valence-electron chi connectivity index (χ4n) is 5.13. The van der Waals surface area contributed by atoms with Gasteiger partial charge in [0.05, 0.1) is 6.04 Å². The zero-order chi connectivity index (χ0) is 37.3. The van der Waals surface area contributed by atoms with Gasteiger partial charge in [0.2, 0.25) is 5.91 Å². The largest absolute Gasteiger partial charge is 0.772 e. The van der Waals surface area contributed by atoms with Crippen molar-refractivity contribution in [2.45, 2.75) is 69.1 Å². The van der Waals surface area contributed by atoms with E-state index >= 15 is 0 Å². The Kier molecular flexibility index (Phi) is 23.5. The van der Waals surface area contributed by atoms with Crippen LogP contribution in [0.5, 0.6) is 0 Å². The van der Waals surface area contributed by atoms with Crippen molar-refractivity contribution in [3.63, 3.8) is 0 Å². The van der Waals surface area contributed by atoms with Crippen molar-refractivity contribution in [2.24, 2.45) is 17.8 Å². The van der Waals surface area contributed by atoms with Gasteiger partial charge in [-0.15, -0.1) is 0 Å². The monoisotopic (exact) mass is 725 g/mol. The summed E-state index contributed by atoms with van der Waals surface area (Å²) in [6.45, 7) is 8.43. The number of carbonyl (C=O) groups is 1. The summed E-state index contributed by atoms with van der Waals surface area (Å²) in [5.74, 6) is 0.732. The Balaban J connectivity index is 0.000000373. The van der Waals surface area contributed by atoms with Crippen molar-refractivity contribution in [3.05, 3.63) is 121 Å². The number of allylic oxidation sites excluding steroid dienone is 4. The lowest BCUT2D eigenvalue weighted by Gasteiger charge is -2.32. The van der Waals surface area contributed by atoms with Crippen LogP contribution in [0, 0.1) is 17.8 Å². The normalized spacial score (nSPS) is 16.8. The first-order valence-electron chi connectivity index (χ1n) is 16.9. The topological polar surface area (TPSA) is 168 Å². The fourth-order valence-corrected chi connectivity index (χ4v) is 6.51. The van der Waals surface area contributed by atoms with E-state index in [1.807, 2.05) is 69.4 Å². The fraction of sp³-hybridized carbons (Fsp3) is 0.410. The van der Waals surface area contributed by atoms with E-state index in [0.29, 0.717) is 23.2 Å². The summed E-state index contributed by atoms with van der Waals surface area (Å²) in [6, 6.07) is 27.8. The van der Waals surface area contributed by atoms with Gasteiger partial charge in [0.25, 0.3) is 0 Å². The number of nitrogens with two attached hydrogens (primary N) is 1. The molecule has 0 radical (unpaired) electrons. The number of amides is 1. The third-order valence-electron chi connectivity index (χ3n) is 7.77. The second-order valence-corrected chi connectivity index (χ2v) is 14.3. The van der Waals surface area contributed by atoms with Crippen molar-refractivity contribution >= 4 is 33.8 Å². The summed E-state index contributed by atoms with van der Waals surface area (Å²) in [6.07, 6.45) is 11.1. The van der Waals surface area contributed by atoms with Crippen molar-refractivity contribution < 1.29 is 27.4 Å². The van der Waals surface area contributed by atoms with E-state index in [2.05, 4.69) is 54.0 Å². The first-order chi connectivity index (χ1) is 24.0. The SMILES string of the molecule is CC(C)CC([C@@H](C)CO)S(=O)[O-].CCCNC(=O)[C@@H](NC)C(c1ccccc1)C1C=CC=CC1.Nc1ccccc1.O=S([O-])c1ccccc1. The van der Waals surface area contributed by atoms with Crippen molar-refractivity contribution in [1.82, 2.24) is 10.6 Å². The van der Waals surface area contributed by atoms with Crippen LogP contribution in [0.25, 0.3) is 0 Å². The highest BCUT2D eigenvalue weighted by atomic mass is 32.2. The molecule has 5 N–H and O–H groups in total. The Hall–Kier alpha value is -3.45. The number of hydrogen-bond acceptors (Lipinski definition) is 8. The Bertz CT molecular complexity index is 1430. The minimum atomic E-state index is -2.08. The molecule has 7 atom stereocenters. The number of rotatable bonds is 13. The summed E-state index contributed by atoms with van der Waals surface area (Å²) in [7, 11) is 1.87. The maximum absolute atomic E-state index is 12.6. The minimum absolute atomic E-state index is 0.0641. The highest BCUT2D eigenvalue weighted by molar-refractivity contribution is 7.79. The molecule has 3 aromatic rings. The van der Waals surface area contributed by atoms with Crippen molar-refractivity contribution in [3.8, 4) is 0 Å². The molecule has 4 rings (SSSR count). The molecule has 0 aromatic heterocycles. The lowest BCUT2D eigenvalue weighted by molar-refractivity contribution is -0.123. The van der Waals surface area contributed by atoms with Gasteiger partial charge in [-0.1, -0.05) is 130 Å². The number of aliphatic hydroxyl groups is 1. The van der Waals surface area contributed by atoms with E-state index in [0.717, 1.165) is 25.1 Å². The molecular weight excluding hydrogens is 671 g/mol. The molecule has 0 aliphatic heterocycles. The predicted molar refractivity (Wildman–Crippen MR) is 205 cm³/mol. The van der Waals surface area contributed by atoms with E-state index in [1.165, 1.54) is 5.56 Å². The van der Waals surface area contributed by atoms with Gasteiger partial charge in [-0.25, -0.2) is 0 Å². The summed E-state index contributed by atoms with van der Waals surface area (Å²) in [5, 5.41) is 14.7. The molecule has 0 fully saturated rings. The molecule has 0 heterocycles. The van der Waals surface area contributed by atoms with Crippen LogP contribution >= 0.6 is 0 Å². The lowest BCUT2D eigenvalue weighted by atomic mass is 9.77. The molecule has 0 spiro atoms. The van der Waals surface area contributed by atoms with Crippen LogP contribution in [0.15, 0.2) is 120 Å². The molecule has 1 aliphatic carbocycles. The maximum Gasteiger partial charge on any atom is 0.237 e. The zero-order valence-electron chi connectivity index (χ0n) is 29.9. The number of likely N-dealkylation sites (N-methyl/N-ethyl adjacent to an activating group) is 1. The van der Waals surface area contributed by atoms with Gasteiger partial charge in [0.15, 0.2) is 0 Å². The second kappa shape index (κ2) is 26.4. The number of nitrogens with one attached hydrogen (secondary N) is 2. The number of anilines is 1. The van der Waals surface area contributed by atoms with Crippen LogP contribution in [-0.4, -0.2) is 60.0 Å². The van der Waals surface area contributed by atoms with Crippen LogP contribution in [0.3, 0.4) is 0 Å². The van der Waals surface area contributed by atoms with E-state index in [-0.39, 0.29) is 30.4 Å². The van der Waals surface area contributed by atoms with Gasteiger partial charge in [-0.3, -0.25) is 13.2 Å². The van der Waals surface area contributed by atoms with Crippen molar-refractivity contribution in [2.75, 3.05) is 25.9 Å².